The Morgan fingerprint density at radius 1 is 1.25 bits per heavy atom. The van der Waals surface area contributed by atoms with Crippen LogP contribution in [0.3, 0.4) is 0 Å². The second kappa shape index (κ2) is 9.48. The molecule has 1 aromatic carbocycles. The number of carbonyl (C=O) groups excluding carboxylic acids is 2. The molecule has 0 aliphatic rings. The first-order valence-corrected chi connectivity index (χ1v) is 7.79. The summed E-state index contributed by atoms with van der Waals surface area (Å²) in [4.78, 5) is 23.4. The van der Waals surface area contributed by atoms with Crippen LogP contribution in [-0.4, -0.2) is 51.4 Å². The summed E-state index contributed by atoms with van der Waals surface area (Å²) in [6.07, 6.45) is -4.52. The zero-order valence-electron chi connectivity index (χ0n) is 12.9. The van der Waals surface area contributed by atoms with E-state index in [0.29, 0.717) is 18.9 Å². The molecule has 0 spiro atoms. The summed E-state index contributed by atoms with van der Waals surface area (Å²) in [6, 6.07) is 6.07. The molecule has 1 unspecified atom stereocenters. The highest BCUT2D eigenvalue weighted by molar-refractivity contribution is 9.10. The van der Waals surface area contributed by atoms with Gasteiger partial charge in [-0.05, 0) is 24.3 Å². The van der Waals surface area contributed by atoms with Crippen molar-refractivity contribution < 1.29 is 32.4 Å². The van der Waals surface area contributed by atoms with Crippen LogP contribution in [0.5, 0.6) is 5.75 Å². The molecule has 10 heteroatoms. The van der Waals surface area contributed by atoms with Gasteiger partial charge in [0.1, 0.15) is 25.4 Å². The normalized spacial score (nSPS) is 12.4. The summed E-state index contributed by atoms with van der Waals surface area (Å²) in [5.41, 5.74) is 0. The molecule has 0 saturated heterocycles. The molecule has 3 amide bonds. The van der Waals surface area contributed by atoms with E-state index < -0.39 is 24.7 Å². The maximum absolute atomic E-state index is 11.9. The summed E-state index contributed by atoms with van der Waals surface area (Å²) in [6.45, 7) is -0.729. The number of benzene rings is 1. The van der Waals surface area contributed by atoms with Crippen LogP contribution in [0, 0.1) is 0 Å². The molecule has 0 aliphatic heterocycles. The van der Waals surface area contributed by atoms with Gasteiger partial charge in [-0.1, -0.05) is 15.9 Å². The number of carbonyl (C=O) groups is 2. The van der Waals surface area contributed by atoms with Crippen molar-refractivity contribution in [3.63, 3.8) is 0 Å². The first-order valence-electron chi connectivity index (χ1n) is 7.00. The fraction of sp³-hybridized carbons (Fsp3) is 0.429. The van der Waals surface area contributed by atoms with E-state index in [0.717, 1.165) is 9.37 Å². The summed E-state index contributed by atoms with van der Waals surface area (Å²) in [5.74, 6) is 0.0118. The van der Waals surface area contributed by atoms with Gasteiger partial charge < -0.3 is 15.0 Å². The molecule has 1 rings (SSSR count). The van der Waals surface area contributed by atoms with Crippen LogP contribution in [0.15, 0.2) is 28.7 Å². The predicted molar refractivity (Wildman–Crippen MR) is 83.9 cm³/mol. The number of rotatable bonds is 7. The number of ether oxygens (including phenoxy) is 1. The zero-order valence-corrected chi connectivity index (χ0v) is 14.5. The number of quaternary nitrogens is 1. The average Bonchev–Trinajstić information content (AvgIpc) is 2.46. The molecular weight excluding hydrogens is 395 g/mol. The van der Waals surface area contributed by atoms with Gasteiger partial charge in [0.05, 0.1) is 7.05 Å². The summed E-state index contributed by atoms with van der Waals surface area (Å²) >= 11 is 3.31. The molecule has 0 heterocycles. The predicted octanol–water partition coefficient (Wildman–Crippen LogP) is 0.731. The minimum Gasteiger partial charge on any atom is -0.488 e. The van der Waals surface area contributed by atoms with Crippen molar-refractivity contribution in [1.82, 2.24) is 10.6 Å². The van der Waals surface area contributed by atoms with Crippen LogP contribution in [0.25, 0.3) is 0 Å². The third-order valence-electron chi connectivity index (χ3n) is 2.78. The number of urea groups is 1. The molecule has 1 atom stereocenters. The molecule has 0 fully saturated rings. The van der Waals surface area contributed by atoms with E-state index in [9.17, 15) is 22.8 Å². The standard InChI is InChI=1S/C14H17BrF3N3O3/c1-21(6-7-24-11-4-2-10(15)3-5-11)8-12(22)20-13(23)19-9-14(16,17)18/h2-5H,6-9H2,1H3,(H2,19,20,22,23)/p+1. The summed E-state index contributed by atoms with van der Waals surface area (Å²) < 4.78 is 42.2. The Bertz CT molecular complexity index is 552. The highest BCUT2D eigenvalue weighted by Gasteiger charge is 2.28. The molecule has 6 nitrogen and oxygen atoms in total. The average molecular weight is 413 g/mol. The molecule has 0 aromatic heterocycles. The second-order valence-corrected chi connectivity index (χ2v) is 5.95. The van der Waals surface area contributed by atoms with Crippen LogP contribution in [-0.2, 0) is 4.79 Å². The van der Waals surface area contributed by atoms with E-state index >= 15 is 0 Å². The Balaban J connectivity index is 2.21. The highest BCUT2D eigenvalue weighted by Crippen LogP contribution is 2.15. The molecule has 1 aromatic rings. The molecule has 3 N–H and O–H groups in total. The molecular formula is C14H18BrF3N3O3+. The number of likely N-dealkylation sites (N-methyl/N-ethyl adjacent to an activating group) is 1. The lowest BCUT2D eigenvalue weighted by Gasteiger charge is -2.14. The van der Waals surface area contributed by atoms with E-state index in [2.05, 4.69) is 15.9 Å². The van der Waals surface area contributed by atoms with E-state index in [-0.39, 0.29) is 6.54 Å². The first kappa shape index (κ1) is 20.2. The molecule has 0 saturated carbocycles. The van der Waals surface area contributed by atoms with E-state index in [1.165, 1.54) is 0 Å². The smallest absolute Gasteiger partial charge is 0.405 e. The van der Waals surface area contributed by atoms with Crippen LogP contribution in [0.2, 0.25) is 0 Å². The lowest BCUT2D eigenvalue weighted by molar-refractivity contribution is -0.871. The minimum absolute atomic E-state index is 0.0663. The zero-order chi connectivity index (χ0) is 18.2. The van der Waals surface area contributed by atoms with Gasteiger partial charge in [-0.25, -0.2) is 4.79 Å². The number of halogens is 4. The van der Waals surface area contributed by atoms with Crippen molar-refractivity contribution in [3.8, 4) is 5.75 Å². The van der Waals surface area contributed by atoms with Crippen LogP contribution in [0.1, 0.15) is 0 Å². The van der Waals surface area contributed by atoms with Gasteiger partial charge in [0, 0.05) is 4.47 Å². The maximum Gasteiger partial charge on any atom is 0.405 e. The van der Waals surface area contributed by atoms with Gasteiger partial charge in [0.2, 0.25) is 0 Å². The van der Waals surface area contributed by atoms with Crippen molar-refractivity contribution in [2.45, 2.75) is 6.18 Å². The SMILES string of the molecule is C[NH+](CCOc1ccc(Br)cc1)CC(=O)NC(=O)NCC(F)(F)F. The van der Waals surface area contributed by atoms with Crippen molar-refractivity contribution in [2.24, 2.45) is 0 Å². The first-order chi connectivity index (χ1) is 11.2. The number of nitrogens with one attached hydrogen (secondary N) is 3. The van der Waals surface area contributed by atoms with E-state index in [1.54, 1.807) is 24.5 Å². The topological polar surface area (TPSA) is 71.9 Å². The monoisotopic (exact) mass is 412 g/mol. The second-order valence-electron chi connectivity index (χ2n) is 5.03. The van der Waals surface area contributed by atoms with Crippen molar-refractivity contribution in [2.75, 3.05) is 33.3 Å². The fourth-order valence-corrected chi connectivity index (χ4v) is 1.90. The fourth-order valence-electron chi connectivity index (χ4n) is 1.63. The molecule has 0 aliphatic carbocycles. The number of amides is 3. The quantitative estimate of drug-likeness (QED) is 0.618. The van der Waals surface area contributed by atoms with Crippen molar-refractivity contribution in [1.29, 1.82) is 0 Å². The van der Waals surface area contributed by atoms with E-state index in [1.807, 2.05) is 17.4 Å². The summed E-state index contributed by atoms with van der Waals surface area (Å²) in [7, 11) is 1.71. The largest absolute Gasteiger partial charge is 0.488 e. The Hall–Kier alpha value is -1.81. The van der Waals surface area contributed by atoms with Crippen LogP contribution >= 0.6 is 15.9 Å². The van der Waals surface area contributed by atoms with Gasteiger partial charge in [-0.2, -0.15) is 13.2 Å². The molecule has 0 radical (unpaired) electrons. The lowest BCUT2D eigenvalue weighted by Crippen LogP contribution is -3.10. The molecule has 24 heavy (non-hydrogen) atoms. The van der Waals surface area contributed by atoms with Gasteiger partial charge in [-0.15, -0.1) is 0 Å². The van der Waals surface area contributed by atoms with Crippen LogP contribution in [0.4, 0.5) is 18.0 Å². The van der Waals surface area contributed by atoms with Gasteiger partial charge in [-0.3, -0.25) is 10.1 Å². The third kappa shape index (κ3) is 9.36. The number of hydrogen-bond donors (Lipinski definition) is 3. The number of alkyl halides is 3. The number of hydrogen-bond acceptors (Lipinski definition) is 3. The Labute approximate surface area is 145 Å². The lowest BCUT2D eigenvalue weighted by atomic mass is 10.3. The Kier molecular flexibility index (Phi) is 7.99. The van der Waals surface area contributed by atoms with Gasteiger partial charge in [0.15, 0.2) is 6.54 Å². The van der Waals surface area contributed by atoms with E-state index in [4.69, 9.17) is 4.74 Å². The molecule has 0 bridgehead atoms. The molecule has 134 valence electrons. The third-order valence-corrected chi connectivity index (χ3v) is 3.30. The Morgan fingerprint density at radius 3 is 2.46 bits per heavy atom. The van der Waals surface area contributed by atoms with Crippen LogP contribution < -0.4 is 20.3 Å². The Morgan fingerprint density at radius 2 is 1.88 bits per heavy atom. The van der Waals surface area contributed by atoms with Gasteiger partial charge >= 0.3 is 12.2 Å². The highest BCUT2D eigenvalue weighted by atomic mass is 79.9. The van der Waals surface area contributed by atoms with Crippen molar-refractivity contribution >= 4 is 27.9 Å². The summed E-state index contributed by atoms with van der Waals surface area (Å²) in [5, 5.41) is 3.40. The maximum atomic E-state index is 11.9. The minimum atomic E-state index is -4.52. The van der Waals surface area contributed by atoms with Crippen molar-refractivity contribution in [3.05, 3.63) is 28.7 Å². The van der Waals surface area contributed by atoms with Gasteiger partial charge in [0.25, 0.3) is 5.91 Å². The number of imide groups is 1.